The summed E-state index contributed by atoms with van der Waals surface area (Å²) < 4.78 is 6.03. The molecule has 0 aromatic carbocycles. The highest BCUT2D eigenvalue weighted by Gasteiger charge is 2.32. The summed E-state index contributed by atoms with van der Waals surface area (Å²) in [5.74, 6) is 0. The Morgan fingerprint density at radius 3 is 2.68 bits per heavy atom. The van der Waals surface area contributed by atoms with Crippen LogP contribution in [0.25, 0.3) is 0 Å². The Morgan fingerprint density at radius 1 is 1.47 bits per heavy atom. The van der Waals surface area contributed by atoms with Crippen LogP contribution in [-0.4, -0.2) is 23.7 Å². The first-order chi connectivity index (χ1) is 8.91. The minimum absolute atomic E-state index is 0.120. The highest BCUT2D eigenvalue weighted by Crippen LogP contribution is 2.33. The van der Waals surface area contributed by atoms with Gasteiger partial charge >= 0.3 is 0 Å². The lowest BCUT2D eigenvalue weighted by atomic mass is 9.93. The average Bonchev–Trinajstić information content (AvgIpc) is 2.93. The summed E-state index contributed by atoms with van der Waals surface area (Å²) in [6.45, 7) is 11.9. The Labute approximate surface area is 120 Å². The van der Waals surface area contributed by atoms with Crippen molar-refractivity contribution >= 4 is 11.3 Å². The molecular weight excluding hydrogens is 256 g/mol. The third kappa shape index (κ3) is 3.56. The van der Waals surface area contributed by atoms with Crippen molar-refractivity contribution in [2.45, 2.75) is 71.1 Å². The third-order valence-corrected chi connectivity index (χ3v) is 4.54. The molecule has 1 fully saturated rings. The molecule has 0 radical (unpaired) electrons. The molecule has 19 heavy (non-hydrogen) atoms. The van der Waals surface area contributed by atoms with Crippen molar-refractivity contribution < 1.29 is 4.74 Å². The number of rotatable bonds is 4. The molecule has 3 nitrogen and oxygen atoms in total. The normalized spacial score (nSPS) is 25.7. The Balaban J connectivity index is 2.17. The van der Waals surface area contributed by atoms with Crippen molar-refractivity contribution in [3.63, 3.8) is 0 Å². The minimum atomic E-state index is 0.120. The summed E-state index contributed by atoms with van der Waals surface area (Å²) in [6, 6.07) is 0.246. The second-order valence-electron chi connectivity index (χ2n) is 6.42. The molecule has 2 heterocycles. The van der Waals surface area contributed by atoms with Crippen LogP contribution >= 0.6 is 11.3 Å². The monoisotopic (exact) mass is 282 g/mol. The zero-order valence-corrected chi connectivity index (χ0v) is 13.5. The summed E-state index contributed by atoms with van der Waals surface area (Å²) in [7, 11) is 0. The van der Waals surface area contributed by atoms with Gasteiger partial charge in [-0.15, -0.1) is 11.3 Å². The van der Waals surface area contributed by atoms with Crippen LogP contribution in [0.4, 0.5) is 0 Å². The maximum Gasteiger partial charge on any atom is 0.113 e. The van der Waals surface area contributed by atoms with E-state index >= 15 is 0 Å². The van der Waals surface area contributed by atoms with E-state index in [9.17, 15) is 0 Å². The summed E-state index contributed by atoms with van der Waals surface area (Å²) >= 11 is 1.76. The largest absolute Gasteiger partial charge is 0.373 e. The van der Waals surface area contributed by atoms with E-state index in [4.69, 9.17) is 9.72 Å². The summed E-state index contributed by atoms with van der Waals surface area (Å²) in [5, 5.41) is 6.91. The van der Waals surface area contributed by atoms with Crippen molar-refractivity contribution in [2.24, 2.45) is 0 Å². The number of aromatic nitrogens is 1. The number of thiazole rings is 1. The van der Waals surface area contributed by atoms with Gasteiger partial charge in [0.15, 0.2) is 0 Å². The molecule has 0 aliphatic carbocycles. The van der Waals surface area contributed by atoms with Crippen molar-refractivity contribution in [1.29, 1.82) is 0 Å². The molecule has 1 aromatic heterocycles. The SMILES string of the molecule is CCNC(c1nc(C(C)(C)C)cs1)C1CCC(C)O1. The van der Waals surface area contributed by atoms with E-state index in [-0.39, 0.29) is 17.6 Å². The highest BCUT2D eigenvalue weighted by atomic mass is 32.1. The predicted octanol–water partition coefficient (Wildman–Crippen LogP) is 3.66. The molecule has 3 unspecified atom stereocenters. The van der Waals surface area contributed by atoms with E-state index in [1.54, 1.807) is 11.3 Å². The molecule has 1 aliphatic rings. The standard InChI is InChI=1S/C15H26N2OS/c1-6-16-13(11-8-7-10(2)18-11)14-17-12(9-19-14)15(3,4)5/h9-11,13,16H,6-8H2,1-5H3. The molecule has 1 saturated heterocycles. The predicted molar refractivity (Wildman–Crippen MR) is 80.8 cm³/mol. The summed E-state index contributed by atoms with van der Waals surface area (Å²) in [4.78, 5) is 4.85. The average molecular weight is 282 g/mol. The maximum absolute atomic E-state index is 6.03. The minimum Gasteiger partial charge on any atom is -0.373 e. The van der Waals surface area contributed by atoms with Gasteiger partial charge in [-0.2, -0.15) is 0 Å². The van der Waals surface area contributed by atoms with E-state index in [0.717, 1.165) is 19.4 Å². The topological polar surface area (TPSA) is 34.2 Å². The molecular formula is C15H26N2OS. The van der Waals surface area contributed by atoms with Gasteiger partial charge in [0.1, 0.15) is 5.01 Å². The van der Waals surface area contributed by atoms with Crippen LogP contribution < -0.4 is 5.32 Å². The van der Waals surface area contributed by atoms with Crippen LogP contribution in [0.5, 0.6) is 0 Å². The first kappa shape index (κ1) is 14.9. The van der Waals surface area contributed by atoms with Crippen LogP contribution in [0.2, 0.25) is 0 Å². The van der Waals surface area contributed by atoms with E-state index < -0.39 is 0 Å². The molecule has 2 rings (SSSR count). The first-order valence-electron chi connectivity index (χ1n) is 7.26. The molecule has 1 N–H and O–H groups in total. The van der Waals surface area contributed by atoms with Gasteiger partial charge in [0.2, 0.25) is 0 Å². The lowest BCUT2D eigenvalue weighted by molar-refractivity contribution is 0.0318. The molecule has 4 heteroatoms. The van der Waals surface area contributed by atoms with Gasteiger partial charge < -0.3 is 10.1 Å². The van der Waals surface area contributed by atoms with Crippen LogP contribution in [0.1, 0.15) is 64.2 Å². The molecule has 3 atom stereocenters. The maximum atomic E-state index is 6.03. The second-order valence-corrected chi connectivity index (χ2v) is 7.31. The molecule has 1 aliphatic heterocycles. The molecule has 0 bridgehead atoms. The van der Waals surface area contributed by atoms with E-state index in [0.29, 0.717) is 6.10 Å². The number of ether oxygens (including phenoxy) is 1. The molecule has 108 valence electrons. The highest BCUT2D eigenvalue weighted by molar-refractivity contribution is 7.09. The number of nitrogens with one attached hydrogen (secondary N) is 1. The van der Waals surface area contributed by atoms with Gasteiger partial charge in [-0.1, -0.05) is 27.7 Å². The molecule has 0 spiro atoms. The number of hydrogen-bond donors (Lipinski definition) is 1. The first-order valence-corrected chi connectivity index (χ1v) is 8.14. The van der Waals surface area contributed by atoms with Gasteiger partial charge in [-0.25, -0.2) is 4.98 Å². The third-order valence-electron chi connectivity index (χ3n) is 3.62. The smallest absolute Gasteiger partial charge is 0.113 e. The van der Waals surface area contributed by atoms with Gasteiger partial charge in [0, 0.05) is 10.8 Å². The van der Waals surface area contributed by atoms with Crippen LogP contribution in [0.15, 0.2) is 5.38 Å². The number of nitrogens with zero attached hydrogens (tertiary/aromatic N) is 1. The Bertz CT molecular complexity index is 411. The van der Waals surface area contributed by atoms with Crippen LogP contribution in [0.3, 0.4) is 0 Å². The molecule has 0 amide bonds. The van der Waals surface area contributed by atoms with Gasteiger partial charge in [-0.05, 0) is 26.3 Å². The second kappa shape index (κ2) is 5.90. The molecule has 0 saturated carbocycles. The summed E-state index contributed by atoms with van der Waals surface area (Å²) in [5.41, 5.74) is 1.30. The Hall–Kier alpha value is -0.450. The van der Waals surface area contributed by atoms with Gasteiger partial charge in [0.05, 0.1) is 23.9 Å². The van der Waals surface area contributed by atoms with Crippen LogP contribution in [-0.2, 0) is 10.2 Å². The lowest BCUT2D eigenvalue weighted by Crippen LogP contribution is -2.32. The van der Waals surface area contributed by atoms with Gasteiger partial charge in [-0.3, -0.25) is 0 Å². The van der Waals surface area contributed by atoms with Crippen LogP contribution in [0, 0.1) is 0 Å². The van der Waals surface area contributed by atoms with Crippen molar-refractivity contribution in [2.75, 3.05) is 6.54 Å². The zero-order chi connectivity index (χ0) is 14.0. The van der Waals surface area contributed by atoms with Gasteiger partial charge in [0.25, 0.3) is 0 Å². The fourth-order valence-corrected chi connectivity index (χ4v) is 3.62. The van der Waals surface area contributed by atoms with Crippen molar-refractivity contribution in [3.8, 4) is 0 Å². The fraction of sp³-hybridized carbons (Fsp3) is 0.800. The Morgan fingerprint density at radius 2 is 2.21 bits per heavy atom. The van der Waals surface area contributed by atoms with E-state index in [1.165, 1.54) is 10.7 Å². The van der Waals surface area contributed by atoms with Crippen molar-refractivity contribution in [3.05, 3.63) is 16.1 Å². The van der Waals surface area contributed by atoms with E-state index in [1.807, 2.05) is 0 Å². The van der Waals surface area contributed by atoms with Crippen molar-refractivity contribution in [1.82, 2.24) is 10.3 Å². The molecule has 1 aromatic rings. The summed E-state index contributed by atoms with van der Waals surface area (Å²) in [6.07, 6.45) is 2.94. The Kier molecular flexibility index (Phi) is 4.64. The lowest BCUT2D eigenvalue weighted by Gasteiger charge is -2.23. The zero-order valence-electron chi connectivity index (χ0n) is 12.7. The fourth-order valence-electron chi connectivity index (χ4n) is 2.45. The number of likely N-dealkylation sites (N-methyl/N-ethyl adjacent to an activating group) is 1. The quantitative estimate of drug-likeness (QED) is 0.915. The number of hydrogen-bond acceptors (Lipinski definition) is 4. The van der Waals surface area contributed by atoms with E-state index in [2.05, 4.69) is 45.3 Å².